The van der Waals surface area contributed by atoms with Gasteiger partial charge in [-0.15, -0.1) is 11.8 Å². The summed E-state index contributed by atoms with van der Waals surface area (Å²) in [5.74, 6) is 0.557. The Bertz CT molecular complexity index is 286. The van der Waals surface area contributed by atoms with Gasteiger partial charge in [0.25, 0.3) is 0 Å². The number of aryl methyl sites for hydroxylation is 1. The first-order valence-corrected chi connectivity index (χ1v) is 4.79. The fourth-order valence-electron chi connectivity index (χ4n) is 0.972. The van der Waals surface area contributed by atoms with Gasteiger partial charge in [0, 0.05) is 4.90 Å². The van der Waals surface area contributed by atoms with E-state index in [1.165, 1.54) is 11.8 Å². The molecule has 0 aliphatic heterocycles. The van der Waals surface area contributed by atoms with Gasteiger partial charge in [0.2, 0.25) is 0 Å². The lowest BCUT2D eigenvalue weighted by molar-refractivity contribution is 0.411. The number of methoxy groups -OCH3 is 1. The molecule has 0 aliphatic rings. The van der Waals surface area contributed by atoms with Gasteiger partial charge in [-0.05, 0) is 30.9 Å². The highest BCUT2D eigenvalue weighted by Gasteiger charge is 2.06. The zero-order valence-corrected chi connectivity index (χ0v) is 8.17. The monoisotopic (exact) mass is 186 g/mol. The Labute approximate surface area is 75.9 Å². The van der Waals surface area contributed by atoms with Crippen molar-refractivity contribution in [1.29, 1.82) is 0 Å². The minimum absolute atomic E-state index is 0.150. The largest absolute Gasteiger partial charge is 0.497 e. The van der Waals surface area contributed by atoms with E-state index in [-0.39, 0.29) is 5.82 Å². The van der Waals surface area contributed by atoms with Gasteiger partial charge in [-0.2, -0.15) is 0 Å². The van der Waals surface area contributed by atoms with Crippen LogP contribution in [0.4, 0.5) is 4.39 Å². The average Bonchev–Trinajstić information content (AvgIpc) is 2.09. The van der Waals surface area contributed by atoms with Gasteiger partial charge in [-0.3, -0.25) is 0 Å². The maximum atomic E-state index is 13.2. The molecule has 1 nitrogen and oxygen atoms in total. The zero-order valence-electron chi connectivity index (χ0n) is 7.35. The van der Waals surface area contributed by atoms with Crippen molar-refractivity contribution in [2.24, 2.45) is 0 Å². The SMILES string of the molecule is COc1cc(C)c(F)c(SC)c1. The Morgan fingerprint density at radius 3 is 2.58 bits per heavy atom. The zero-order chi connectivity index (χ0) is 9.14. The van der Waals surface area contributed by atoms with Crippen LogP contribution >= 0.6 is 11.8 Å². The lowest BCUT2D eigenvalue weighted by atomic mass is 10.2. The standard InChI is InChI=1S/C9H11FOS/c1-6-4-7(11-2)5-8(12-3)9(6)10/h4-5H,1-3H3. The van der Waals surface area contributed by atoms with Gasteiger partial charge in [0.15, 0.2) is 0 Å². The maximum absolute atomic E-state index is 13.2. The van der Waals surface area contributed by atoms with E-state index in [9.17, 15) is 4.39 Å². The van der Waals surface area contributed by atoms with E-state index in [2.05, 4.69) is 0 Å². The Morgan fingerprint density at radius 2 is 2.08 bits per heavy atom. The van der Waals surface area contributed by atoms with Crippen LogP contribution in [-0.2, 0) is 0 Å². The molecule has 12 heavy (non-hydrogen) atoms. The molecule has 0 radical (unpaired) electrons. The fourth-order valence-corrected chi connectivity index (χ4v) is 1.55. The van der Waals surface area contributed by atoms with Crippen LogP contribution in [0.1, 0.15) is 5.56 Å². The third-order valence-corrected chi connectivity index (χ3v) is 2.39. The molecule has 0 aromatic heterocycles. The lowest BCUT2D eigenvalue weighted by Crippen LogP contribution is -1.90. The number of ether oxygens (including phenoxy) is 1. The van der Waals surface area contributed by atoms with Crippen LogP contribution < -0.4 is 4.74 Å². The summed E-state index contributed by atoms with van der Waals surface area (Å²) in [6.07, 6.45) is 1.84. The summed E-state index contributed by atoms with van der Waals surface area (Å²) in [4.78, 5) is 0.631. The average molecular weight is 186 g/mol. The summed E-state index contributed by atoms with van der Waals surface area (Å²) in [6.45, 7) is 1.73. The molecule has 0 aliphatic carbocycles. The van der Waals surface area contributed by atoms with Crippen molar-refractivity contribution in [3.63, 3.8) is 0 Å². The van der Waals surface area contributed by atoms with E-state index in [1.807, 2.05) is 6.26 Å². The van der Waals surface area contributed by atoms with Gasteiger partial charge in [-0.25, -0.2) is 4.39 Å². The van der Waals surface area contributed by atoms with E-state index in [0.717, 1.165) is 0 Å². The molecule has 0 unspecified atom stereocenters. The van der Waals surface area contributed by atoms with Crippen LogP contribution in [0.25, 0.3) is 0 Å². The molecule has 1 aromatic carbocycles. The molecule has 0 saturated carbocycles. The van der Waals surface area contributed by atoms with Gasteiger partial charge in [0.05, 0.1) is 7.11 Å². The second-order valence-corrected chi connectivity index (χ2v) is 3.31. The Morgan fingerprint density at radius 1 is 1.42 bits per heavy atom. The minimum atomic E-state index is -0.150. The third-order valence-electron chi connectivity index (χ3n) is 1.65. The van der Waals surface area contributed by atoms with Crippen molar-refractivity contribution in [1.82, 2.24) is 0 Å². The molecular formula is C9H11FOS. The van der Waals surface area contributed by atoms with E-state index in [1.54, 1.807) is 26.2 Å². The molecule has 0 N–H and O–H groups in total. The molecule has 0 fully saturated rings. The van der Waals surface area contributed by atoms with Crippen molar-refractivity contribution in [2.75, 3.05) is 13.4 Å². The number of hydrogen-bond donors (Lipinski definition) is 0. The first-order chi connectivity index (χ1) is 5.69. The quantitative estimate of drug-likeness (QED) is 0.657. The molecule has 0 heterocycles. The second kappa shape index (κ2) is 3.81. The summed E-state index contributed by atoms with van der Waals surface area (Å²) >= 11 is 1.38. The topological polar surface area (TPSA) is 9.23 Å². The van der Waals surface area contributed by atoms with Crippen molar-refractivity contribution in [3.05, 3.63) is 23.5 Å². The number of rotatable bonds is 2. The predicted molar refractivity (Wildman–Crippen MR) is 49.5 cm³/mol. The van der Waals surface area contributed by atoms with Crippen LogP contribution in [0.15, 0.2) is 17.0 Å². The summed E-state index contributed by atoms with van der Waals surface area (Å²) in [5, 5.41) is 0. The predicted octanol–water partition coefficient (Wildman–Crippen LogP) is 2.86. The van der Waals surface area contributed by atoms with Gasteiger partial charge in [0.1, 0.15) is 11.6 Å². The lowest BCUT2D eigenvalue weighted by Gasteiger charge is -2.06. The van der Waals surface area contributed by atoms with Crippen molar-refractivity contribution in [2.45, 2.75) is 11.8 Å². The van der Waals surface area contributed by atoms with E-state index in [4.69, 9.17) is 4.74 Å². The molecule has 0 amide bonds. The molecule has 66 valence electrons. The second-order valence-electron chi connectivity index (χ2n) is 2.46. The van der Waals surface area contributed by atoms with E-state index in [0.29, 0.717) is 16.2 Å². The van der Waals surface area contributed by atoms with E-state index < -0.39 is 0 Å². The molecule has 0 atom stereocenters. The third kappa shape index (κ3) is 1.72. The molecular weight excluding hydrogens is 175 g/mol. The maximum Gasteiger partial charge on any atom is 0.139 e. The molecule has 0 saturated heterocycles. The fraction of sp³-hybridized carbons (Fsp3) is 0.333. The van der Waals surface area contributed by atoms with Gasteiger partial charge < -0.3 is 4.74 Å². The number of halogens is 1. The highest BCUT2D eigenvalue weighted by molar-refractivity contribution is 7.98. The molecule has 3 heteroatoms. The molecule has 0 spiro atoms. The summed E-state index contributed by atoms with van der Waals surface area (Å²) in [5.41, 5.74) is 0.624. The Hall–Kier alpha value is -0.700. The Balaban J connectivity index is 3.19. The number of benzene rings is 1. The summed E-state index contributed by atoms with van der Waals surface area (Å²) in [6, 6.07) is 3.39. The normalized spacial score (nSPS) is 10.0. The molecule has 1 rings (SSSR count). The van der Waals surface area contributed by atoms with Crippen molar-refractivity contribution < 1.29 is 9.13 Å². The van der Waals surface area contributed by atoms with Crippen LogP contribution in [0.5, 0.6) is 5.75 Å². The van der Waals surface area contributed by atoms with Gasteiger partial charge in [-0.1, -0.05) is 0 Å². The van der Waals surface area contributed by atoms with Gasteiger partial charge >= 0.3 is 0 Å². The minimum Gasteiger partial charge on any atom is -0.497 e. The first kappa shape index (κ1) is 9.39. The molecule has 0 bridgehead atoms. The van der Waals surface area contributed by atoms with Crippen molar-refractivity contribution in [3.8, 4) is 5.75 Å². The van der Waals surface area contributed by atoms with E-state index >= 15 is 0 Å². The van der Waals surface area contributed by atoms with Crippen LogP contribution in [-0.4, -0.2) is 13.4 Å². The highest BCUT2D eigenvalue weighted by Crippen LogP contribution is 2.27. The smallest absolute Gasteiger partial charge is 0.139 e. The summed E-state index contributed by atoms with van der Waals surface area (Å²) < 4.78 is 18.3. The summed E-state index contributed by atoms with van der Waals surface area (Å²) in [7, 11) is 1.58. The van der Waals surface area contributed by atoms with Crippen molar-refractivity contribution >= 4 is 11.8 Å². The van der Waals surface area contributed by atoms with Crippen LogP contribution in [0.2, 0.25) is 0 Å². The van der Waals surface area contributed by atoms with Crippen LogP contribution in [0.3, 0.4) is 0 Å². The molecule has 1 aromatic rings. The highest BCUT2D eigenvalue weighted by atomic mass is 32.2. The number of hydrogen-bond acceptors (Lipinski definition) is 2. The Kier molecular flexibility index (Phi) is 2.98. The van der Waals surface area contributed by atoms with Crippen LogP contribution in [0, 0.1) is 12.7 Å². The first-order valence-electron chi connectivity index (χ1n) is 3.57. The number of thioether (sulfide) groups is 1.